The number of anilines is 2. The number of hydrogen-bond acceptors (Lipinski definition) is 3. The van der Waals surface area contributed by atoms with E-state index in [4.69, 9.17) is 0 Å². The second-order valence-corrected chi connectivity index (χ2v) is 7.40. The Hall–Kier alpha value is -2.18. The van der Waals surface area contributed by atoms with Gasteiger partial charge < -0.3 is 10.6 Å². The van der Waals surface area contributed by atoms with Crippen molar-refractivity contribution in [3.8, 4) is 0 Å². The summed E-state index contributed by atoms with van der Waals surface area (Å²) in [6.07, 6.45) is 1.76. The molecule has 5 nitrogen and oxygen atoms in total. The van der Waals surface area contributed by atoms with Crippen LogP contribution in [-0.2, 0) is 9.59 Å². The lowest BCUT2D eigenvalue weighted by Crippen LogP contribution is -2.43. The monoisotopic (exact) mass is 415 g/mol. The summed E-state index contributed by atoms with van der Waals surface area (Å²) in [5.74, 6) is -0.136. The molecule has 1 fully saturated rings. The number of rotatable bonds is 5. The van der Waals surface area contributed by atoms with Gasteiger partial charge in [-0.15, -0.1) is 0 Å². The molecule has 6 heteroatoms. The van der Waals surface area contributed by atoms with Crippen molar-refractivity contribution in [1.82, 2.24) is 4.90 Å². The number of carbonyl (C=O) groups is 2. The highest BCUT2D eigenvalue weighted by molar-refractivity contribution is 9.10. The molecule has 26 heavy (non-hydrogen) atoms. The van der Waals surface area contributed by atoms with E-state index >= 15 is 0 Å². The first-order valence-electron chi connectivity index (χ1n) is 8.74. The topological polar surface area (TPSA) is 61.4 Å². The fourth-order valence-corrected chi connectivity index (χ4v) is 3.55. The largest absolute Gasteiger partial charge is 0.326 e. The van der Waals surface area contributed by atoms with Crippen LogP contribution < -0.4 is 10.6 Å². The van der Waals surface area contributed by atoms with Gasteiger partial charge in [-0.3, -0.25) is 14.5 Å². The van der Waals surface area contributed by atoms with Crippen molar-refractivity contribution in [2.75, 3.05) is 30.3 Å². The standard InChI is InChI=1S/C20H22BrN3O2/c21-16-7-4-10-18(12-16)22-19(25)14-24-11-5-6-15(13-24)20(26)23-17-8-2-1-3-9-17/h1-4,7-10,12,15H,5-6,11,13-14H2,(H,22,25)(H,23,26). The van der Waals surface area contributed by atoms with Crippen LogP contribution >= 0.6 is 15.9 Å². The molecule has 0 radical (unpaired) electrons. The predicted molar refractivity (Wildman–Crippen MR) is 107 cm³/mol. The van der Waals surface area contributed by atoms with E-state index in [2.05, 4.69) is 26.6 Å². The molecule has 0 saturated carbocycles. The van der Waals surface area contributed by atoms with E-state index in [0.717, 1.165) is 35.2 Å². The molecule has 1 unspecified atom stereocenters. The van der Waals surface area contributed by atoms with Crippen LogP contribution in [-0.4, -0.2) is 36.3 Å². The molecule has 0 spiro atoms. The van der Waals surface area contributed by atoms with Gasteiger partial charge in [-0.05, 0) is 49.7 Å². The number of nitrogens with one attached hydrogen (secondary N) is 2. The average molecular weight is 416 g/mol. The quantitative estimate of drug-likeness (QED) is 0.781. The third-order valence-electron chi connectivity index (χ3n) is 4.39. The first-order chi connectivity index (χ1) is 12.6. The molecular weight excluding hydrogens is 394 g/mol. The van der Waals surface area contributed by atoms with Gasteiger partial charge in [0.05, 0.1) is 12.5 Å². The Morgan fingerprint density at radius 1 is 1.04 bits per heavy atom. The molecule has 2 aromatic rings. The summed E-state index contributed by atoms with van der Waals surface area (Å²) >= 11 is 3.40. The molecule has 2 amide bonds. The Kier molecular flexibility index (Phi) is 6.41. The summed E-state index contributed by atoms with van der Waals surface area (Å²) in [6, 6.07) is 17.0. The number of hydrogen-bond donors (Lipinski definition) is 2. The second-order valence-electron chi connectivity index (χ2n) is 6.49. The molecule has 1 heterocycles. The number of halogens is 1. The highest BCUT2D eigenvalue weighted by Gasteiger charge is 2.26. The minimum Gasteiger partial charge on any atom is -0.326 e. The van der Waals surface area contributed by atoms with E-state index in [1.807, 2.05) is 59.5 Å². The van der Waals surface area contributed by atoms with Gasteiger partial charge in [-0.2, -0.15) is 0 Å². The summed E-state index contributed by atoms with van der Waals surface area (Å²) in [5, 5.41) is 5.86. The van der Waals surface area contributed by atoms with Crippen LogP contribution in [0.4, 0.5) is 11.4 Å². The summed E-state index contributed by atoms with van der Waals surface area (Å²) in [5.41, 5.74) is 1.57. The van der Waals surface area contributed by atoms with Crippen LogP contribution in [0, 0.1) is 5.92 Å². The lowest BCUT2D eigenvalue weighted by Gasteiger charge is -2.31. The maximum atomic E-state index is 12.5. The summed E-state index contributed by atoms with van der Waals surface area (Å²) < 4.78 is 0.922. The maximum absolute atomic E-state index is 12.5. The van der Waals surface area contributed by atoms with Gasteiger partial charge in [0.1, 0.15) is 0 Å². The van der Waals surface area contributed by atoms with Crippen LogP contribution in [0.2, 0.25) is 0 Å². The lowest BCUT2D eigenvalue weighted by atomic mass is 9.97. The van der Waals surface area contributed by atoms with Crippen molar-refractivity contribution in [1.29, 1.82) is 0 Å². The molecule has 1 atom stereocenters. The highest BCUT2D eigenvalue weighted by Crippen LogP contribution is 2.19. The first-order valence-corrected chi connectivity index (χ1v) is 9.53. The van der Waals surface area contributed by atoms with E-state index in [-0.39, 0.29) is 17.7 Å². The third-order valence-corrected chi connectivity index (χ3v) is 4.89. The SMILES string of the molecule is O=C(CN1CCCC(C(=O)Nc2ccccc2)C1)Nc1cccc(Br)c1. The molecule has 0 aromatic heterocycles. The van der Waals surface area contributed by atoms with Gasteiger partial charge in [-0.25, -0.2) is 0 Å². The number of benzene rings is 2. The van der Waals surface area contributed by atoms with Crippen molar-refractivity contribution >= 4 is 39.1 Å². The van der Waals surface area contributed by atoms with E-state index in [0.29, 0.717) is 13.1 Å². The van der Waals surface area contributed by atoms with Crippen molar-refractivity contribution in [2.24, 2.45) is 5.92 Å². The Morgan fingerprint density at radius 2 is 1.81 bits per heavy atom. The molecule has 0 aliphatic carbocycles. The normalized spacial score (nSPS) is 17.5. The smallest absolute Gasteiger partial charge is 0.238 e. The minimum absolute atomic E-state index is 0.0216. The molecule has 136 valence electrons. The summed E-state index contributed by atoms with van der Waals surface area (Å²) in [6.45, 7) is 1.73. The number of amides is 2. The molecule has 1 aliphatic heterocycles. The van der Waals surface area contributed by atoms with Crippen LogP contribution in [0.3, 0.4) is 0 Å². The molecule has 1 saturated heterocycles. The Labute approximate surface area is 161 Å². The van der Waals surface area contributed by atoms with E-state index in [1.165, 1.54) is 0 Å². The average Bonchev–Trinajstić information content (AvgIpc) is 2.62. The number of nitrogens with zero attached hydrogens (tertiary/aromatic N) is 1. The van der Waals surface area contributed by atoms with Crippen molar-refractivity contribution in [2.45, 2.75) is 12.8 Å². The number of carbonyl (C=O) groups excluding carboxylic acids is 2. The van der Waals surface area contributed by atoms with Crippen molar-refractivity contribution in [3.05, 3.63) is 59.1 Å². The van der Waals surface area contributed by atoms with Gasteiger partial charge >= 0.3 is 0 Å². The lowest BCUT2D eigenvalue weighted by molar-refractivity contribution is -0.123. The van der Waals surface area contributed by atoms with Crippen LogP contribution in [0.1, 0.15) is 12.8 Å². The Morgan fingerprint density at radius 3 is 2.58 bits per heavy atom. The molecule has 2 N–H and O–H groups in total. The van der Waals surface area contributed by atoms with E-state index < -0.39 is 0 Å². The van der Waals surface area contributed by atoms with Crippen LogP contribution in [0.15, 0.2) is 59.1 Å². The zero-order valence-electron chi connectivity index (χ0n) is 14.5. The molecule has 0 bridgehead atoms. The molecular formula is C20H22BrN3O2. The van der Waals surface area contributed by atoms with E-state index in [1.54, 1.807) is 0 Å². The molecule has 2 aromatic carbocycles. The molecule has 1 aliphatic rings. The van der Waals surface area contributed by atoms with Crippen molar-refractivity contribution in [3.63, 3.8) is 0 Å². The maximum Gasteiger partial charge on any atom is 0.238 e. The van der Waals surface area contributed by atoms with Crippen LogP contribution in [0.5, 0.6) is 0 Å². The zero-order valence-corrected chi connectivity index (χ0v) is 16.0. The minimum atomic E-state index is -0.0948. The summed E-state index contributed by atoms with van der Waals surface area (Å²) in [4.78, 5) is 26.8. The third kappa shape index (κ3) is 5.41. The first kappa shape index (κ1) is 18.6. The summed E-state index contributed by atoms with van der Waals surface area (Å²) in [7, 11) is 0. The van der Waals surface area contributed by atoms with Gasteiger partial charge in [0.2, 0.25) is 11.8 Å². The van der Waals surface area contributed by atoms with Gasteiger partial charge in [-0.1, -0.05) is 40.2 Å². The van der Waals surface area contributed by atoms with Gasteiger partial charge in [0.25, 0.3) is 0 Å². The number of likely N-dealkylation sites (tertiary alicyclic amines) is 1. The second kappa shape index (κ2) is 8.96. The number of piperidine rings is 1. The van der Waals surface area contributed by atoms with Gasteiger partial charge in [0.15, 0.2) is 0 Å². The highest BCUT2D eigenvalue weighted by atomic mass is 79.9. The molecule has 3 rings (SSSR count). The Balaban J connectivity index is 1.51. The Bertz CT molecular complexity index is 767. The fourth-order valence-electron chi connectivity index (χ4n) is 3.15. The fraction of sp³-hybridized carbons (Fsp3) is 0.300. The van der Waals surface area contributed by atoms with Gasteiger partial charge in [0, 0.05) is 22.4 Å². The van der Waals surface area contributed by atoms with Crippen molar-refractivity contribution < 1.29 is 9.59 Å². The van der Waals surface area contributed by atoms with Crippen LogP contribution in [0.25, 0.3) is 0 Å². The predicted octanol–water partition coefficient (Wildman–Crippen LogP) is 3.74. The number of para-hydroxylation sites is 1. The van der Waals surface area contributed by atoms with E-state index in [9.17, 15) is 9.59 Å². The zero-order chi connectivity index (χ0) is 18.4.